The van der Waals surface area contributed by atoms with Crippen LogP contribution >= 0.6 is 0 Å². The molecule has 88 valence electrons. The summed E-state index contributed by atoms with van der Waals surface area (Å²) >= 11 is 0. The van der Waals surface area contributed by atoms with Crippen LogP contribution in [0.5, 0.6) is 0 Å². The van der Waals surface area contributed by atoms with Gasteiger partial charge in [-0.15, -0.1) is 0 Å². The fourth-order valence-corrected chi connectivity index (χ4v) is 1.03. The average Bonchev–Trinajstić information content (AvgIpc) is 2.29. The van der Waals surface area contributed by atoms with Crippen LogP contribution in [0, 0.1) is 10.1 Å². The van der Waals surface area contributed by atoms with Crippen LogP contribution in [0.3, 0.4) is 0 Å². The zero-order valence-electron chi connectivity index (χ0n) is 9.05. The number of nitro groups is 1. The van der Waals surface area contributed by atoms with Gasteiger partial charge in [-0.1, -0.05) is 0 Å². The van der Waals surface area contributed by atoms with E-state index in [1.54, 1.807) is 0 Å². The van der Waals surface area contributed by atoms with Crippen LogP contribution in [0.15, 0.2) is 12.4 Å². The van der Waals surface area contributed by atoms with Gasteiger partial charge in [-0.25, -0.2) is 9.97 Å². The van der Waals surface area contributed by atoms with Crippen molar-refractivity contribution in [2.45, 2.75) is 13.3 Å². The SMILES string of the molecule is CCOCCCNc1ncc([N+](=O)[O-])cn1. The maximum absolute atomic E-state index is 10.3. The zero-order chi connectivity index (χ0) is 11.8. The van der Waals surface area contributed by atoms with Crippen molar-refractivity contribution in [2.75, 3.05) is 25.1 Å². The van der Waals surface area contributed by atoms with Gasteiger partial charge in [-0.2, -0.15) is 0 Å². The van der Waals surface area contributed by atoms with E-state index in [-0.39, 0.29) is 5.69 Å². The van der Waals surface area contributed by atoms with Gasteiger partial charge in [0, 0.05) is 19.8 Å². The molecule has 0 bridgehead atoms. The fourth-order valence-electron chi connectivity index (χ4n) is 1.03. The normalized spacial score (nSPS) is 10.1. The Morgan fingerprint density at radius 2 is 2.19 bits per heavy atom. The molecule has 0 amide bonds. The summed E-state index contributed by atoms with van der Waals surface area (Å²) in [4.78, 5) is 17.4. The van der Waals surface area contributed by atoms with Gasteiger partial charge in [0.15, 0.2) is 0 Å². The van der Waals surface area contributed by atoms with Gasteiger partial charge >= 0.3 is 5.69 Å². The first-order valence-corrected chi connectivity index (χ1v) is 5.02. The molecule has 7 heteroatoms. The van der Waals surface area contributed by atoms with E-state index in [1.807, 2.05) is 6.92 Å². The Morgan fingerprint density at radius 3 is 2.75 bits per heavy atom. The second-order valence-corrected chi connectivity index (χ2v) is 3.00. The van der Waals surface area contributed by atoms with Crippen LogP contribution in [0.25, 0.3) is 0 Å². The van der Waals surface area contributed by atoms with Crippen molar-refractivity contribution in [1.29, 1.82) is 0 Å². The monoisotopic (exact) mass is 226 g/mol. The van der Waals surface area contributed by atoms with Crippen molar-refractivity contribution in [3.05, 3.63) is 22.5 Å². The number of aromatic nitrogens is 2. The van der Waals surface area contributed by atoms with E-state index in [0.717, 1.165) is 6.42 Å². The molecule has 1 heterocycles. The quantitative estimate of drug-likeness (QED) is 0.427. The van der Waals surface area contributed by atoms with Gasteiger partial charge in [0.05, 0.1) is 4.92 Å². The molecule has 1 rings (SSSR count). The van der Waals surface area contributed by atoms with Crippen molar-refractivity contribution in [3.8, 4) is 0 Å². The molecule has 1 aromatic heterocycles. The van der Waals surface area contributed by atoms with E-state index in [1.165, 1.54) is 12.4 Å². The molecule has 0 aromatic carbocycles. The van der Waals surface area contributed by atoms with Crippen molar-refractivity contribution >= 4 is 11.6 Å². The molecule has 0 atom stereocenters. The van der Waals surface area contributed by atoms with Crippen molar-refractivity contribution in [1.82, 2.24) is 9.97 Å². The molecule has 0 saturated heterocycles. The summed E-state index contributed by atoms with van der Waals surface area (Å²) in [6.07, 6.45) is 3.20. The zero-order valence-corrected chi connectivity index (χ0v) is 9.05. The van der Waals surface area contributed by atoms with Gasteiger partial charge in [0.2, 0.25) is 5.95 Å². The summed E-state index contributed by atoms with van der Waals surface area (Å²) in [6, 6.07) is 0. The third kappa shape index (κ3) is 4.18. The van der Waals surface area contributed by atoms with Crippen molar-refractivity contribution < 1.29 is 9.66 Å². The van der Waals surface area contributed by atoms with Crippen LogP contribution in [-0.2, 0) is 4.74 Å². The first-order chi connectivity index (χ1) is 7.74. The Kier molecular flexibility index (Phi) is 5.13. The molecule has 1 aromatic rings. The minimum Gasteiger partial charge on any atom is -0.382 e. The number of anilines is 1. The third-order valence-electron chi connectivity index (χ3n) is 1.80. The lowest BCUT2D eigenvalue weighted by Gasteiger charge is -2.03. The fraction of sp³-hybridized carbons (Fsp3) is 0.556. The number of ether oxygens (including phenoxy) is 1. The van der Waals surface area contributed by atoms with Gasteiger partial charge < -0.3 is 10.1 Å². The van der Waals surface area contributed by atoms with Gasteiger partial charge in [0.1, 0.15) is 12.4 Å². The molecule has 0 unspecified atom stereocenters. The Morgan fingerprint density at radius 1 is 1.50 bits per heavy atom. The standard InChI is InChI=1S/C9H14N4O3/c1-2-16-5-3-4-10-9-11-6-8(7-12-9)13(14)15/h6-7H,2-5H2,1H3,(H,10,11,12). The summed E-state index contributed by atoms with van der Waals surface area (Å²) in [6.45, 7) is 4.00. The lowest BCUT2D eigenvalue weighted by Crippen LogP contribution is -2.08. The maximum atomic E-state index is 10.3. The second kappa shape index (κ2) is 6.67. The lowest BCUT2D eigenvalue weighted by molar-refractivity contribution is -0.385. The second-order valence-electron chi connectivity index (χ2n) is 3.00. The van der Waals surface area contributed by atoms with E-state index >= 15 is 0 Å². The first-order valence-electron chi connectivity index (χ1n) is 5.02. The summed E-state index contributed by atoms with van der Waals surface area (Å²) in [5.41, 5.74) is -0.111. The van der Waals surface area contributed by atoms with E-state index in [4.69, 9.17) is 4.74 Å². The summed E-state index contributed by atoms with van der Waals surface area (Å²) in [7, 11) is 0. The number of rotatable bonds is 7. The molecule has 0 radical (unpaired) electrons. The van der Waals surface area contributed by atoms with Crippen molar-refractivity contribution in [2.24, 2.45) is 0 Å². The molecule has 7 nitrogen and oxygen atoms in total. The Labute approximate surface area is 93.0 Å². The summed E-state index contributed by atoms with van der Waals surface area (Å²) in [5.74, 6) is 0.391. The Hall–Kier alpha value is -1.76. The minimum atomic E-state index is -0.529. The molecular formula is C9H14N4O3. The highest BCUT2D eigenvalue weighted by molar-refractivity contribution is 5.30. The average molecular weight is 226 g/mol. The highest BCUT2D eigenvalue weighted by Gasteiger charge is 2.05. The predicted molar refractivity (Wildman–Crippen MR) is 58.3 cm³/mol. The molecule has 0 aliphatic rings. The molecule has 0 aliphatic heterocycles. The molecule has 0 spiro atoms. The van der Waals surface area contributed by atoms with Gasteiger partial charge in [-0.3, -0.25) is 10.1 Å². The first kappa shape index (κ1) is 12.3. The van der Waals surface area contributed by atoms with Gasteiger partial charge in [-0.05, 0) is 13.3 Å². The predicted octanol–water partition coefficient (Wildman–Crippen LogP) is 1.22. The number of nitrogens with zero attached hydrogens (tertiary/aromatic N) is 3. The van der Waals surface area contributed by atoms with Crippen LogP contribution in [0.4, 0.5) is 11.6 Å². The third-order valence-corrected chi connectivity index (χ3v) is 1.80. The van der Waals surface area contributed by atoms with E-state index in [2.05, 4.69) is 15.3 Å². The minimum absolute atomic E-state index is 0.111. The number of hydrogen-bond acceptors (Lipinski definition) is 6. The summed E-state index contributed by atoms with van der Waals surface area (Å²) in [5, 5.41) is 13.3. The Bertz CT molecular complexity index is 328. The van der Waals surface area contributed by atoms with E-state index in [0.29, 0.717) is 25.7 Å². The Balaban J connectivity index is 2.29. The summed E-state index contributed by atoms with van der Waals surface area (Å²) < 4.78 is 5.15. The number of hydrogen-bond donors (Lipinski definition) is 1. The van der Waals surface area contributed by atoms with Crippen LogP contribution in [0.2, 0.25) is 0 Å². The molecule has 1 N–H and O–H groups in total. The van der Waals surface area contributed by atoms with Crippen LogP contribution in [-0.4, -0.2) is 34.6 Å². The van der Waals surface area contributed by atoms with E-state index in [9.17, 15) is 10.1 Å². The highest BCUT2D eigenvalue weighted by Crippen LogP contribution is 2.07. The molecule has 16 heavy (non-hydrogen) atoms. The molecule has 0 aliphatic carbocycles. The molecule has 0 fully saturated rings. The maximum Gasteiger partial charge on any atom is 0.305 e. The molecule has 0 saturated carbocycles. The van der Waals surface area contributed by atoms with Gasteiger partial charge in [0.25, 0.3) is 0 Å². The van der Waals surface area contributed by atoms with E-state index < -0.39 is 4.92 Å². The highest BCUT2D eigenvalue weighted by atomic mass is 16.6. The molecular weight excluding hydrogens is 212 g/mol. The topological polar surface area (TPSA) is 90.2 Å². The largest absolute Gasteiger partial charge is 0.382 e. The smallest absolute Gasteiger partial charge is 0.305 e. The van der Waals surface area contributed by atoms with Crippen LogP contribution in [0.1, 0.15) is 13.3 Å². The van der Waals surface area contributed by atoms with Crippen molar-refractivity contribution in [3.63, 3.8) is 0 Å². The lowest BCUT2D eigenvalue weighted by atomic mass is 10.4. The number of nitrogens with one attached hydrogen (secondary N) is 1. The van der Waals surface area contributed by atoms with Crippen LogP contribution < -0.4 is 5.32 Å².